The maximum absolute atomic E-state index is 14.1. The third-order valence-electron chi connectivity index (χ3n) is 3.23. The molecule has 5 heteroatoms. The second kappa shape index (κ2) is 4.52. The first kappa shape index (κ1) is 12.5. The summed E-state index contributed by atoms with van der Waals surface area (Å²) in [5, 5.41) is 0. The van der Waals surface area contributed by atoms with E-state index in [2.05, 4.69) is 4.98 Å². The Kier molecular flexibility index (Phi) is 2.82. The summed E-state index contributed by atoms with van der Waals surface area (Å²) in [6.07, 6.45) is 0. The van der Waals surface area contributed by atoms with E-state index < -0.39 is 0 Å². The summed E-state index contributed by atoms with van der Waals surface area (Å²) in [7, 11) is 1.54. The Hall–Kier alpha value is -2.56. The van der Waals surface area contributed by atoms with Crippen LogP contribution < -0.4 is 10.5 Å². The van der Waals surface area contributed by atoms with Crippen LogP contribution in [0, 0.1) is 12.7 Å². The lowest BCUT2D eigenvalue weighted by atomic mass is 10.2. The molecule has 0 saturated carbocycles. The van der Waals surface area contributed by atoms with Crippen molar-refractivity contribution >= 4 is 17.0 Å². The first-order valence-corrected chi connectivity index (χ1v) is 6.18. The number of imidazole rings is 1. The minimum absolute atomic E-state index is 0.248. The van der Waals surface area contributed by atoms with Gasteiger partial charge in [-0.15, -0.1) is 0 Å². The molecule has 20 heavy (non-hydrogen) atoms. The van der Waals surface area contributed by atoms with Crippen molar-refractivity contribution in [3.8, 4) is 11.4 Å². The highest BCUT2D eigenvalue weighted by molar-refractivity contribution is 5.81. The highest BCUT2D eigenvalue weighted by Crippen LogP contribution is 2.27. The quantitative estimate of drug-likeness (QED) is 0.779. The van der Waals surface area contributed by atoms with E-state index in [1.807, 2.05) is 25.1 Å². The zero-order chi connectivity index (χ0) is 14.3. The second-order valence-corrected chi connectivity index (χ2v) is 4.61. The number of aromatic nitrogens is 2. The fraction of sp³-hybridized carbons (Fsp3) is 0.133. The zero-order valence-electron chi connectivity index (χ0n) is 11.2. The smallest absolute Gasteiger partial charge is 0.206 e. The van der Waals surface area contributed by atoms with Crippen molar-refractivity contribution in [2.45, 2.75) is 6.92 Å². The highest BCUT2D eigenvalue weighted by atomic mass is 19.1. The molecule has 0 atom stereocenters. The number of nitrogen functional groups attached to an aromatic ring is 1. The van der Waals surface area contributed by atoms with Crippen molar-refractivity contribution in [1.29, 1.82) is 0 Å². The van der Waals surface area contributed by atoms with E-state index in [-0.39, 0.29) is 11.8 Å². The minimum atomic E-state index is -0.377. The standard InChI is InChI=1S/C15H14FN3O/c1-9-3-6-13-12(7-9)18-15(17)19(13)14-8-10(20-2)4-5-11(14)16/h3-8H,1-2H3,(H2,17,18). The maximum Gasteiger partial charge on any atom is 0.206 e. The number of fused-ring (bicyclic) bond motifs is 1. The number of rotatable bonds is 2. The molecule has 0 aliphatic heterocycles. The second-order valence-electron chi connectivity index (χ2n) is 4.61. The van der Waals surface area contributed by atoms with Gasteiger partial charge < -0.3 is 10.5 Å². The number of nitrogens with zero attached hydrogens (tertiary/aromatic N) is 2. The Morgan fingerprint density at radius 1 is 1.20 bits per heavy atom. The molecule has 1 heterocycles. The number of methoxy groups -OCH3 is 1. The van der Waals surface area contributed by atoms with Crippen LogP contribution in [0.1, 0.15) is 5.56 Å². The van der Waals surface area contributed by atoms with E-state index in [4.69, 9.17) is 10.5 Å². The molecular weight excluding hydrogens is 257 g/mol. The topological polar surface area (TPSA) is 53.1 Å². The summed E-state index contributed by atoms with van der Waals surface area (Å²) in [5.41, 5.74) is 8.85. The molecule has 2 N–H and O–H groups in total. The summed E-state index contributed by atoms with van der Waals surface area (Å²) in [5.74, 6) is 0.435. The third-order valence-corrected chi connectivity index (χ3v) is 3.23. The van der Waals surface area contributed by atoms with Gasteiger partial charge in [-0.3, -0.25) is 4.57 Å². The largest absolute Gasteiger partial charge is 0.497 e. The molecule has 0 amide bonds. The molecular formula is C15H14FN3O. The van der Waals surface area contributed by atoms with Crippen LogP contribution >= 0.6 is 0 Å². The van der Waals surface area contributed by atoms with Gasteiger partial charge in [0.25, 0.3) is 0 Å². The third kappa shape index (κ3) is 1.87. The van der Waals surface area contributed by atoms with Gasteiger partial charge in [-0.25, -0.2) is 9.37 Å². The van der Waals surface area contributed by atoms with Gasteiger partial charge in [-0.05, 0) is 36.8 Å². The fourth-order valence-corrected chi connectivity index (χ4v) is 2.25. The number of anilines is 1. The highest BCUT2D eigenvalue weighted by Gasteiger charge is 2.14. The van der Waals surface area contributed by atoms with Crippen molar-refractivity contribution in [1.82, 2.24) is 9.55 Å². The van der Waals surface area contributed by atoms with Crippen molar-refractivity contribution in [2.24, 2.45) is 0 Å². The van der Waals surface area contributed by atoms with E-state index in [1.54, 1.807) is 16.7 Å². The van der Waals surface area contributed by atoms with Crippen LogP contribution in [0.5, 0.6) is 5.75 Å². The molecule has 3 aromatic rings. The monoisotopic (exact) mass is 271 g/mol. The Balaban J connectivity index is 2.31. The summed E-state index contributed by atoms with van der Waals surface area (Å²) >= 11 is 0. The van der Waals surface area contributed by atoms with Gasteiger partial charge in [0.15, 0.2) is 0 Å². The summed E-state index contributed by atoms with van der Waals surface area (Å²) in [6, 6.07) is 10.3. The number of hydrogen-bond acceptors (Lipinski definition) is 3. The van der Waals surface area contributed by atoms with Crippen molar-refractivity contribution in [3.63, 3.8) is 0 Å². The van der Waals surface area contributed by atoms with Crippen LogP contribution in [0.4, 0.5) is 10.3 Å². The Bertz CT molecular complexity index is 795. The van der Waals surface area contributed by atoms with E-state index >= 15 is 0 Å². The van der Waals surface area contributed by atoms with Gasteiger partial charge in [0, 0.05) is 6.07 Å². The number of benzene rings is 2. The van der Waals surface area contributed by atoms with Gasteiger partial charge in [-0.1, -0.05) is 6.07 Å². The summed E-state index contributed by atoms with van der Waals surface area (Å²) in [6.45, 7) is 1.97. The van der Waals surface area contributed by atoms with Gasteiger partial charge >= 0.3 is 0 Å². The number of nitrogens with two attached hydrogens (primary N) is 1. The molecule has 0 saturated heterocycles. The van der Waals surface area contributed by atoms with E-state index in [0.29, 0.717) is 11.4 Å². The predicted octanol–water partition coefficient (Wildman–Crippen LogP) is 3.06. The van der Waals surface area contributed by atoms with Crippen LogP contribution in [0.15, 0.2) is 36.4 Å². The number of aryl methyl sites for hydroxylation is 1. The molecule has 0 fully saturated rings. The number of ether oxygens (including phenoxy) is 1. The Labute approximate surface area is 115 Å². The average Bonchev–Trinajstić information content (AvgIpc) is 2.74. The molecule has 0 unspecified atom stereocenters. The van der Waals surface area contributed by atoms with Gasteiger partial charge in [0.2, 0.25) is 5.95 Å². The van der Waals surface area contributed by atoms with Crippen molar-refractivity contribution in [3.05, 3.63) is 47.8 Å². The minimum Gasteiger partial charge on any atom is -0.497 e. The number of hydrogen-bond donors (Lipinski definition) is 1. The zero-order valence-corrected chi connectivity index (χ0v) is 11.2. The van der Waals surface area contributed by atoms with Crippen LogP contribution in [-0.2, 0) is 0 Å². The molecule has 102 valence electrons. The molecule has 3 rings (SSSR count). The summed E-state index contributed by atoms with van der Waals surface area (Å²) in [4.78, 5) is 4.28. The van der Waals surface area contributed by atoms with Crippen LogP contribution in [0.25, 0.3) is 16.7 Å². The maximum atomic E-state index is 14.1. The van der Waals surface area contributed by atoms with E-state index in [9.17, 15) is 4.39 Å². The lowest BCUT2D eigenvalue weighted by molar-refractivity contribution is 0.413. The fourth-order valence-electron chi connectivity index (χ4n) is 2.25. The van der Waals surface area contributed by atoms with E-state index in [1.165, 1.54) is 13.2 Å². The Morgan fingerprint density at radius 2 is 2.00 bits per heavy atom. The molecule has 4 nitrogen and oxygen atoms in total. The summed E-state index contributed by atoms with van der Waals surface area (Å²) < 4.78 is 20.8. The predicted molar refractivity (Wildman–Crippen MR) is 76.7 cm³/mol. The first-order chi connectivity index (χ1) is 9.60. The van der Waals surface area contributed by atoms with Crippen LogP contribution in [-0.4, -0.2) is 16.7 Å². The Morgan fingerprint density at radius 3 is 2.75 bits per heavy atom. The number of halogens is 1. The molecule has 1 aromatic heterocycles. The average molecular weight is 271 g/mol. The van der Waals surface area contributed by atoms with Crippen LogP contribution in [0.3, 0.4) is 0 Å². The van der Waals surface area contributed by atoms with Gasteiger partial charge in [0.1, 0.15) is 11.6 Å². The lowest BCUT2D eigenvalue weighted by Gasteiger charge is -2.09. The van der Waals surface area contributed by atoms with Gasteiger partial charge in [-0.2, -0.15) is 0 Å². The molecule has 0 aliphatic carbocycles. The lowest BCUT2D eigenvalue weighted by Crippen LogP contribution is -2.03. The van der Waals surface area contributed by atoms with Crippen molar-refractivity contribution in [2.75, 3.05) is 12.8 Å². The van der Waals surface area contributed by atoms with Crippen molar-refractivity contribution < 1.29 is 9.13 Å². The molecule has 0 bridgehead atoms. The molecule has 2 aromatic carbocycles. The first-order valence-electron chi connectivity index (χ1n) is 6.18. The van der Waals surface area contributed by atoms with E-state index in [0.717, 1.165) is 16.6 Å². The normalized spacial score (nSPS) is 10.9. The van der Waals surface area contributed by atoms with Gasteiger partial charge in [0.05, 0.1) is 23.8 Å². The molecule has 0 radical (unpaired) electrons. The van der Waals surface area contributed by atoms with Crippen LogP contribution in [0.2, 0.25) is 0 Å². The molecule has 0 aliphatic rings. The molecule has 0 spiro atoms. The SMILES string of the molecule is COc1ccc(F)c(-n2c(N)nc3cc(C)ccc32)c1.